The van der Waals surface area contributed by atoms with Gasteiger partial charge in [0.2, 0.25) is 11.8 Å². The Labute approximate surface area is 167 Å². The molecule has 0 unspecified atom stereocenters. The first-order chi connectivity index (χ1) is 13.4. The average molecular weight is 405 g/mol. The van der Waals surface area contributed by atoms with E-state index in [0.29, 0.717) is 22.5 Å². The standard InChI is InChI=1S/C20H21ClN2O5/c21-13-2-1-3-14(9-13)22-15(24)10-28-16(25)6-7-23-19(26)17-11-4-5-12(8-11)18(17)20(23)27/h1-3,9,11-12,17-18H,4-8,10H2,(H,22,24)/t11-,12-,17-,18-/m0/s1. The molecular formula is C20H21ClN2O5. The normalized spacial score (nSPS) is 27.8. The minimum atomic E-state index is -0.623. The molecule has 0 aromatic heterocycles. The van der Waals surface area contributed by atoms with Crippen LogP contribution in [0.4, 0.5) is 5.69 Å². The van der Waals surface area contributed by atoms with Gasteiger partial charge in [-0.05, 0) is 49.3 Å². The van der Waals surface area contributed by atoms with Crippen LogP contribution in [0.3, 0.4) is 0 Å². The van der Waals surface area contributed by atoms with Crippen molar-refractivity contribution < 1.29 is 23.9 Å². The lowest BCUT2D eigenvalue weighted by molar-refractivity contribution is -0.149. The lowest BCUT2D eigenvalue weighted by Gasteiger charge is -2.19. The first-order valence-electron chi connectivity index (χ1n) is 9.50. The number of nitrogens with one attached hydrogen (secondary N) is 1. The number of hydrogen-bond donors (Lipinski definition) is 1. The molecule has 2 aliphatic carbocycles. The average Bonchev–Trinajstić information content (AvgIpc) is 3.33. The molecule has 7 nitrogen and oxygen atoms in total. The first-order valence-corrected chi connectivity index (χ1v) is 9.88. The summed E-state index contributed by atoms with van der Waals surface area (Å²) < 4.78 is 4.95. The van der Waals surface area contributed by atoms with Gasteiger partial charge in [0.25, 0.3) is 5.91 Å². The molecule has 4 rings (SSSR count). The van der Waals surface area contributed by atoms with Crippen molar-refractivity contribution in [3.8, 4) is 0 Å². The monoisotopic (exact) mass is 404 g/mol. The second kappa shape index (κ2) is 7.54. The third-order valence-electron chi connectivity index (χ3n) is 6.03. The van der Waals surface area contributed by atoms with Gasteiger partial charge in [0.05, 0.1) is 18.3 Å². The molecule has 0 spiro atoms. The van der Waals surface area contributed by atoms with E-state index in [1.54, 1.807) is 24.3 Å². The molecule has 148 valence electrons. The maximum absolute atomic E-state index is 12.6. The number of anilines is 1. The Morgan fingerprint density at radius 2 is 1.82 bits per heavy atom. The number of ether oxygens (including phenoxy) is 1. The molecule has 1 saturated heterocycles. The summed E-state index contributed by atoms with van der Waals surface area (Å²) in [5.41, 5.74) is 0.503. The number of nitrogens with zero attached hydrogens (tertiary/aromatic N) is 1. The fourth-order valence-corrected chi connectivity index (χ4v) is 5.07. The second-order valence-corrected chi connectivity index (χ2v) is 8.12. The second-order valence-electron chi connectivity index (χ2n) is 7.68. The molecular weight excluding hydrogens is 384 g/mol. The predicted octanol–water partition coefficient (Wildman–Crippen LogP) is 2.24. The Bertz CT molecular complexity index is 814. The van der Waals surface area contributed by atoms with Gasteiger partial charge in [-0.3, -0.25) is 24.1 Å². The zero-order valence-electron chi connectivity index (χ0n) is 15.2. The fraction of sp³-hybridized carbons (Fsp3) is 0.500. The van der Waals surface area contributed by atoms with Crippen LogP contribution in [0.15, 0.2) is 24.3 Å². The minimum absolute atomic E-state index is 0.0128. The molecule has 8 heteroatoms. The minimum Gasteiger partial charge on any atom is -0.456 e. The molecule has 1 N–H and O–H groups in total. The molecule has 1 aliphatic heterocycles. The molecule has 1 aromatic carbocycles. The molecule has 1 aromatic rings. The zero-order valence-corrected chi connectivity index (χ0v) is 16.0. The van der Waals surface area contributed by atoms with Gasteiger partial charge in [0.1, 0.15) is 0 Å². The van der Waals surface area contributed by atoms with Crippen LogP contribution < -0.4 is 5.32 Å². The van der Waals surface area contributed by atoms with Gasteiger partial charge in [-0.1, -0.05) is 17.7 Å². The number of halogens is 1. The molecule has 28 heavy (non-hydrogen) atoms. The van der Waals surface area contributed by atoms with E-state index in [9.17, 15) is 19.2 Å². The van der Waals surface area contributed by atoms with Crippen molar-refractivity contribution in [2.75, 3.05) is 18.5 Å². The highest BCUT2D eigenvalue weighted by molar-refractivity contribution is 6.30. The number of carbonyl (C=O) groups excluding carboxylic acids is 4. The number of carbonyl (C=O) groups is 4. The molecule has 3 amide bonds. The highest BCUT2D eigenvalue weighted by Gasteiger charge is 2.60. The van der Waals surface area contributed by atoms with E-state index in [1.165, 1.54) is 4.90 Å². The van der Waals surface area contributed by atoms with Gasteiger partial charge in [-0.2, -0.15) is 0 Å². The van der Waals surface area contributed by atoms with Crippen molar-refractivity contribution >= 4 is 41.0 Å². The predicted molar refractivity (Wildman–Crippen MR) is 100 cm³/mol. The number of hydrogen-bond acceptors (Lipinski definition) is 5. The Morgan fingerprint density at radius 3 is 2.46 bits per heavy atom. The molecule has 2 bridgehead atoms. The van der Waals surface area contributed by atoms with Crippen molar-refractivity contribution in [3.05, 3.63) is 29.3 Å². The Balaban J connectivity index is 1.23. The Hall–Kier alpha value is -2.41. The van der Waals surface area contributed by atoms with Crippen LogP contribution in [0.5, 0.6) is 0 Å². The summed E-state index contributed by atoms with van der Waals surface area (Å²) in [6.45, 7) is -0.429. The summed E-state index contributed by atoms with van der Waals surface area (Å²) in [6.07, 6.45) is 2.89. The highest BCUT2D eigenvalue weighted by Crippen LogP contribution is 2.56. The number of fused-ring (bicyclic) bond motifs is 5. The lowest BCUT2D eigenvalue weighted by Crippen LogP contribution is -2.35. The SMILES string of the molecule is O=C(COC(=O)CCN1C(=O)[C@H]2[C@H]3CC[C@@H](C3)[C@@H]2C1=O)Nc1cccc(Cl)c1. The van der Waals surface area contributed by atoms with Crippen LogP contribution in [0, 0.1) is 23.7 Å². The van der Waals surface area contributed by atoms with Crippen LogP contribution in [0.1, 0.15) is 25.7 Å². The molecule has 0 radical (unpaired) electrons. The van der Waals surface area contributed by atoms with Gasteiger partial charge in [0.15, 0.2) is 6.61 Å². The maximum atomic E-state index is 12.6. The van der Waals surface area contributed by atoms with Crippen molar-refractivity contribution in [2.24, 2.45) is 23.7 Å². The van der Waals surface area contributed by atoms with E-state index in [-0.39, 0.29) is 36.6 Å². The number of likely N-dealkylation sites (tertiary alicyclic amines) is 1. The van der Waals surface area contributed by atoms with Crippen molar-refractivity contribution in [2.45, 2.75) is 25.7 Å². The van der Waals surface area contributed by atoms with Gasteiger partial charge < -0.3 is 10.1 Å². The van der Waals surface area contributed by atoms with Crippen molar-refractivity contribution in [1.82, 2.24) is 4.90 Å². The smallest absolute Gasteiger partial charge is 0.308 e. The van der Waals surface area contributed by atoms with Crippen molar-refractivity contribution in [3.63, 3.8) is 0 Å². The number of esters is 1. The summed E-state index contributed by atoms with van der Waals surface area (Å²) >= 11 is 5.84. The highest BCUT2D eigenvalue weighted by atomic mass is 35.5. The van der Waals surface area contributed by atoms with E-state index >= 15 is 0 Å². The number of amides is 3. The van der Waals surface area contributed by atoms with E-state index in [2.05, 4.69) is 5.32 Å². The molecule has 4 atom stereocenters. The molecule has 2 saturated carbocycles. The summed E-state index contributed by atoms with van der Waals surface area (Å²) in [5.74, 6) is -1.15. The van der Waals surface area contributed by atoms with E-state index in [1.807, 2.05) is 0 Å². The zero-order chi connectivity index (χ0) is 19.8. The first kappa shape index (κ1) is 18.9. The Kier molecular flexibility index (Phi) is 5.10. The third kappa shape index (κ3) is 3.51. The number of benzene rings is 1. The topological polar surface area (TPSA) is 92.8 Å². The van der Waals surface area contributed by atoms with Crippen molar-refractivity contribution in [1.29, 1.82) is 0 Å². The molecule has 3 aliphatic rings. The van der Waals surface area contributed by atoms with Crippen LogP contribution in [0.25, 0.3) is 0 Å². The number of imide groups is 1. The quantitative estimate of drug-likeness (QED) is 0.579. The Morgan fingerprint density at radius 1 is 1.14 bits per heavy atom. The van der Waals surface area contributed by atoms with Gasteiger partial charge >= 0.3 is 5.97 Å². The van der Waals surface area contributed by atoms with Gasteiger partial charge in [-0.15, -0.1) is 0 Å². The summed E-state index contributed by atoms with van der Waals surface area (Å²) in [6, 6.07) is 6.61. The lowest BCUT2D eigenvalue weighted by atomic mass is 9.81. The fourth-order valence-electron chi connectivity index (χ4n) is 4.88. The van der Waals surface area contributed by atoms with E-state index in [0.717, 1.165) is 19.3 Å². The summed E-state index contributed by atoms with van der Waals surface area (Å²) in [5, 5.41) is 3.05. The van der Waals surface area contributed by atoms with Crippen LogP contribution in [-0.4, -0.2) is 41.7 Å². The van der Waals surface area contributed by atoms with Crippen LogP contribution >= 0.6 is 11.6 Å². The van der Waals surface area contributed by atoms with Crippen LogP contribution in [0.2, 0.25) is 5.02 Å². The third-order valence-corrected chi connectivity index (χ3v) is 6.27. The summed E-state index contributed by atoms with van der Waals surface area (Å²) in [4.78, 5) is 50.2. The largest absolute Gasteiger partial charge is 0.456 e. The van der Waals surface area contributed by atoms with Crippen LogP contribution in [-0.2, 0) is 23.9 Å². The van der Waals surface area contributed by atoms with E-state index in [4.69, 9.17) is 16.3 Å². The summed E-state index contributed by atoms with van der Waals surface area (Å²) in [7, 11) is 0. The number of rotatable bonds is 6. The van der Waals surface area contributed by atoms with Gasteiger partial charge in [0, 0.05) is 17.3 Å². The maximum Gasteiger partial charge on any atom is 0.308 e. The molecule has 3 fully saturated rings. The van der Waals surface area contributed by atoms with Gasteiger partial charge in [-0.25, -0.2) is 0 Å². The van der Waals surface area contributed by atoms with E-state index < -0.39 is 18.5 Å². The molecule has 1 heterocycles.